The van der Waals surface area contributed by atoms with E-state index in [0.29, 0.717) is 16.4 Å². The number of carbonyl (C=O) groups is 1. The van der Waals surface area contributed by atoms with Gasteiger partial charge in [-0.1, -0.05) is 23.7 Å². The van der Waals surface area contributed by atoms with Gasteiger partial charge in [0.1, 0.15) is 5.82 Å². The number of halogens is 1. The van der Waals surface area contributed by atoms with Crippen LogP contribution in [0.25, 0.3) is 10.9 Å². The minimum Gasteiger partial charge on any atom is -0.465 e. The van der Waals surface area contributed by atoms with E-state index in [-0.39, 0.29) is 6.04 Å². The van der Waals surface area contributed by atoms with Gasteiger partial charge in [-0.05, 0) is 19.1 Å². The lowest BCUT2D eigenvalue weighted by atomic mass is 10.1. The van der Waals surface area contributed by atoms with Crippen LogP contribution in [0.3, 0.4) is 0 Å². The van der Waals surface area contributed by atoms with Gasteiger partial charge in [-0.2, -0.15) is 0 Å². The molecule has 0 saturated carbocycles. The highest BCUT2D eigenvalue weighted by Gasteiger charge is 2.15. The number of carboxylic acid groups (broad SMARTS) is 1. The fraction of sp³-hybridized carbons (Fsp3) is 0.231. The van der Waals surface area contributed by atoms with E-state index in [1.165, 1.54) is 0 Å². The molecular formula is C13H14ClN3O2. The maximum Gasteiger partial charge on any atom is 0.405 e. The Morgan fingerprint density at radius 1 is 1.47 bits per heavy atom. The van der Waals surface area contributed by atoms with E-state index in [1.54, 1.807) is 20.0 Å². The first-order chi connectivity index (χ1) is 9.02. The molecule has 3 N–H and O–H groups in total. The predicted molar refractivity (Wildman–Crippen MR) is 75.9 cm³/mol. The largest absolute Gasteiger partial charge is 0.465 e. The lowest BCUT2D eigenvalue weighted by molar-refractivity contribution is 0.191. The maximum absolute atomic E-state index is 10.7. The first kappa shape index (κ1) is 13.4. The van der Waals surface area contributed by atoms with Gasteiger partial charge in [-0.15, -0.1) is 0 Å². The number of amides is 1. The van der Waals surface area contributed by atoms with Crippen molar-refractivity contribution in [1.82, 2.24) is 10.3 Å². The van der Waals surface area contributed by atoms with E-state index in [2.05, 4.69) is 15.6 Å². The van der Waals surface area contributed by atoms with Crippen LogP contribution in [0.2, 0.25) is 5.02 Å². The molecule has 1 aromatic heterocycles. The van der Waals surface area contributed by atoms with Crippen LogP contribution in [-0.2, 0) is 0 Å². The topological polar surface area (TPSA) is 74.2 Å². The number of para-hydroxylation sites is 1. The summed E-state index contributed by atoms with van der Waals surface area (Å²) in [7, 11) is 1.74. The summed E-state index contributed by atoms with van der Waals surface area (Å²) in [6.45, 7) is 1.77. The molecule has 1 amide bonds. The van der Waals surface area contributed by atoms with E-state index < -0.39 is 6.09 Å². The number of nitrogens with one attached hydrogen (secondary N) is 2. The Labute approximate surface area is 115 Å². The molecule has 19 heavy (non-hydrogen) atoms. The molecule has 1 unspecified atom stereocenters. The van der Waals surface area contributed by atoms with E-state index >= 15 is 0 Å². The summed E-state index contributed by atoms with van der Waals surface area (Å²) < 4.78 is 0. The van der Waals surface area contributed by atoms with E-state index in [9.17, 15) is 4.79 Å². The van der Waals surface area contributed by atoms with E-state index in [1.807, 2.05) is 18.2 Å². The van der Waals surface area contributed by atoms with Crippen molar-refractivity contribution in [1.29, 1.82) is 0 Å². The van der Waals surface area contributed by atoms with Gasteiger partial charge >= 0.3 is 6.09 Å². The Bertz CT molecular complexity index is 631. The van der Waals surface area contributed by atoms with Gasteiger partial charge in [-0.25, -0.2) is 9.78 Å². The Kier molecular flexibility index (Phi) is 3.76. The highest BCUT2D eigenvalue weighted by atomic mass is 35.5. The smallest absolute Gasteiger partial charge is 0.405 e. The Morgan fingerprint density at radius 2 is 2.21 bits per heavy atom. The number of nitrogens with zero attached hydrogens (tertiary/aromatic N) is 1. The molecular weight excluding hydrogens is 266 g/mol. The zero-order chi connectivity index (χ0) is 14.0. The molecule has 0 saturated heterocycles. The van der Waals surface area contributed by atoms with Gasteiger partial charge in [0, 0.05) is 18.0 Å². The zero-order valence-electron chi connectivity index (χ0n) is 10.6. The molecule has 0 fully saturated rings. The van der Waals surface area contributed by atoms with Gasteiger partial charge in [-0.3, -0.25) is 0 Å². The molecule has 0 aliphatic heterocycles. The molecule has 2 aromatic rings. The summed E-state index contributed by atoms with van der Waals surface area (Å²) >= 11 is 6.10. The lowest BCUT2D eigenvalue weighted by Gasteiger charge is -2.16. The number of hydrogen-bond donors (Lipinski definition) is 3. The first-order valence-corrected chi connectivity index (χ1v) is 6.17. The molecule has 5 nitrogen and oxygen atoms in total. The standard InChI is InChI=1S/C13H14ClN3O2/c1-7(16-13(18)19)9-6-8-4-3-5-10(14)11(8)17-12(9)15-2/h3-7,16H,1-2H3,(H,15,17)(H,18,19). The van der Waals surface area contributed by atoms with Crippen LogP contribution in [-0.4, -0.2) is 23.2 Å². The second-order valence-corrected chi connectivity index (χ2v) is 4.57. The van der Waals surface area contributed by atoms with E-state index in [0.717, 1.165) is 10.9 Å². The summed E-state index contributed by atoms with van der Waals surface area (Å²) in [5, 5.41) is 15.6. The second kappa shape index (κ2) is 5.32. The third-order valence-corrected chi connectivity index (χ3v) is 3.17. The number of rotatable bonds is 3. The van der Waals surface area contributed by atoms with Crippen LogP contribution >= 0.6 is 11.6 Å². The molecule has 1 heterocycles. The number of pyridine rings is 1. The highest BCUT2D eigenvalue weighted by Crippen LogP contribution is 2.29. The summed E-state index contributed by atoms with van der Waals surface area (Å²) in [6.07, 6.45) is -1.07. The van der Waals surface area contributed by atoms with Crippen molar-refractivity contribution in [3.8, 4) is 0 Å². The summed E-state index contributed by atoms with van der Waals surface area (Å²) in [4.78, 5) is 15.2. The van der Waals surface area contributed by atoms with Crippen LogP contribution in [0.4, 0.5) is 10.6 Å². The second-order valence-electron chi connectivity index (χ2n) is 4.16. The monoisotopic (exact) mass is 279 g/mol. The van der Waals surface area contributed by atoms with Crippen molar-refractivity contribution in [2.45, 2.75) is 13.0 Å². The van der Waals surface area contributed by atoms with Gasteiger partial charge in [0.15, 0.2) is 0 Å². The fourth-order valence-electron chi connectivity index (χ4n) is 1.97. The average molecular weight is 280 g/mol. The molecule has 1 atom stereocenters. The molecule has 1 aromatic carbocycles. The molecule has 6 heteroatoms. The predicted octanol–water partition coefficient (Wildman–Crippen LogP) is 3.26. The molecule has 0 spiro atoms. The summed E-state index contributed by atoms with van der Waals surface area (Å²) in [6, 6.07) is 7.03. The molecule has 2 rings (SSSR count). The highest BCUT2D eigenvalue weighted by molar-refractivity contribution is 6.35. The third kappa shape index (κ3) is 2.71. The van der Waals surface area contributed by atoms with Gasteiger partial charge in [0.05, 0.1) is 16.6 Å². The van der Waals surface area contributed by atoms with Crippen molar-refractivity contribution in [3.63, 3.8) is 0 Å². The number of benzene rings is 1. The zero-order valence-corrected chi connectivity index (χ0v) is 11.3. The van der Waals surface area contributed by atoms with Crippen LogP contribution in [0.1, 0.15) is 18.5 Å². The molecule has 0 aliphatic rings. The van der Waals surface area contributed by atoms with E-state index in [4.69, 9.17) is 16.7 Å². The number of hydrogen-bond acceptors (Lipinski definition) is 3. The van der Waals surface area contributed by atoms with Crippen molar-refractivity contribution < 1.29 is 9.90 Å². The quantitative estimate of drug-likeness (QED) is 0.806. The van der Waals surface area contributed by atoms with Crippen LogP contribution < -0.4 is 10.6 Å². The SMILES string of the molecule is CNc1nc2c(Cl)cccc2cc1C(C)NC(=O)O. The maximum atomic E-state index is 10.7. The van der Waals surface area contributed by atoms with Crippen LogP contribution in [0.15, 0.2) is 24.3 Å². The lowest BCUT2D eigenvalue weighted by Crippen LogP contribution is -2.25. The van der Waals surface area contributed by atoms with Crippen LogP contribution in [0, 0.1) is 0 Å². The molecule has 0 radical (unpaired) electrons. The Morgan fingerprint density at radius 3 is 2.84 bits per heavy atom. The Balaban J connectivity index is 2.57. The molecule has 0 bridgehead atoms. The average Bonchev–Trinajstić information content (AvgIpc) is 2.37. The summed E-state index contributed by atoms with van der Waals surface area (Å²) in [5.41, 5.74) is 1.47. The van der Waals surface area contributed by atoms with Gasteiger partial charge in [0.25, 0.3) is 0 Å². The minimum absolute atomic E-state index is 0.365. The number of aromatic nitrogens is 1. The fourth-order valence-corrected chi connectivity index (χ4v) is 2.20. The molecule has 100 valence electrons. The van der Waals surface area contributed by atoms with Crippen molar-refractivity contribution >= 4 is 34.4 Å². The summed E-state index contributed by atoms with van der Waals surface area (Å²) in [5.74, 6) is 0.613. The van der Waals surface area contributed by atoms with Crippen LogP contribution in [0.5, 0.6) is 0 Å². The first-order valence-electron chi connectivity index (χ1n) is 5.79. The number of anilines is 1. The van der Waals surface area contributed by atoms with Crippen molar-refractivity contribution in [2.24, 2.45) is 0 Å². The van der Waals surface area contributed by atoms with Crippen molar-refractivity contribution in [2.75, 3.05) is 12.4 Å². The third-order valence-electron chi connectivity index (χ3n) is 2.87. The minimum atomic E-state index is -1.07. The van der Waals surface area contributed by atoms with Gasteiger partial charge in [0.2, 0.25) is 0 Å². The normalized spacial score (nSPS) is 12.2. The van der Waals surface area contributed by atoms with Crippen molar-refractivity contribution in [3.05, 3.63) is 34.9 Å². The Hall–Kier alpha value is -2.01. The number of fused-ring (bicyclic) bond motifs is 1. The van der Waals surface area contributed by atoms with Gasteiger partial charge < -0.3 is 15.7 Å². The molecule has 0 aliphatic carbocycles.